The van der Waals surface area contributed by atoms with E-state index >= 15 is 0 Å². The van der Waals surface area contributed by atoms with Crippen LogP contribution in [-0.4, -0.2) is 48.2 Å². The zero-order valence-electron chi connectivity index (χ0n) is 20.3. The molecular weight excluding hydrogens is 452 g/mol. The van der Waals surface area contributed by atoms with Crippen molar-refractivity contribution in [2.24, 2.45) is 0 Å². The van der Waals surface area contributed by atoms with Crippen LogP contribution >= 0.6 is 0 Å². The van der Waals surface area contributed by atoms with Gasteiger partial charge in [0, 0.05) is 38.3 Å². The highest BCUT2D eigenvalue weighted by Gasteiger charge is 2.45. The molecule has 1 aliphatic heterocycles. The summed E-state index contributed by atoms with van der Waals surface area (Å²) in [6.07, 6.45) is 9.24. The first-order valence-corrected chi connectivity index (χ1v) is 12.8. The van der Waals surface area contributed by atoms with Gasteiger partial charge in [0.05, 0.1) is 17.3 Å². The van der Waals surface area contributed by atoms with Gasteiger partial charge in [-0.05, 0) is 56.2 Å². The first-order valence-electron chi connectivity index (χ1n) is 12.8. The van der Waals surface area contributed by atoms with Crippen LogP contribution in [0.15, 0.2) is 18.2 Å². The molecule has 190 valence electrons. The lowest BCUT2D eigenvalue weighted by Crippen LogP contribution is -2.55. The van der Waals surface area contributed by atoms with Gasteiger partial charge in [-0.3, -0.25) is 5.32 Å². The molecule has 1 saturated carbocycles. The molecule has 1 aromatic carbocycles. The topological polar surface area (TPSA) is 80.2 Å². The molecule has 7 nitrogen and oxygen atoms in total. The Hall–Kier alpha value is -2.52. The average molecular weight is 488 g/mol. The number of fused-ring (bicyclic) bond motifs is 1. The Morgan fingerprint density at radius 3 is 2.80 bits per heavy atom. The maximum atomic E-state index is 14.1. The summed E-state index contributed by atoms with van der Waals surface area (Å²) < 4.78 is 35.1. The van der Waals surface area contributed by atoms with Crippen LogP contribution < -0.4 is 16.0 Å². The molecule has 1 aromatic heterocycles. The molecular formula is C26H35F2N5O2. The van der Waals surface area contributed by atoms with E-state index in [1.54, 1.807) is 13.2 Å². The zero-order chi connectivity index (χ0) is 24.4. The van der Waals surface area contributed by atoms with Gasteiger partial charge in [-0.15, -0.1) is 0 Å². The fourth-order valence-corrected chi connectivity index (χ4v) is 6.16. The first-order chi connectivity index (χ1) is 17.0. The van der Waals surface area contributed by atoms with Crippen molar-refractivity contribution in [3.05, 3.63) is 46.7 Å². The third-order valence-corrected chi connectivity index (χ3v) is 8.00. The third kappa shape index (κ3) is 4.80. The second-order valence-electron chi connectivity index (χ2n) is 10.2. The lowest BCUT2D eigenvalue weighted by molar-refractivity contribution is 0.155. The number of nitrogens with zero attached hydrogens (tertiary/aromatic N) is 2. The molecule has 35 heavy (non-hydrogen) atoms. The van der Waals surface area contributed by atoms with Crippen molar-refractivity contribution < 1.29 is 18.3 Å². The van der Waals surface area contributed by atoms with Crippen LogP contribution in [0, 0.1) is 11.6 Å². The maximum Gasteiger partial charge on any atom is 0.320 e. The number of amides is 2. The van der Waals surface area contributed by atoms with Gasteiger partial charge in [0.25, 0.3) is 0 Å². The lowest BCUT2D eigenvalue weighted by Gasteiger charge is -2.36. The monoisotopic (exact) mass is 487 g/mol. The van der Waals surface area contributed by atoms with Gasteiger partial charge in [-0.1, -0.05) is 25.3 Å². The molecule has 0 unspecified atom stereocenters. The number of aromatic nitrogens is 2. The molecule has 3 aliphatic rings. The summed E-state index contributed by atoms with van der Waals surface area (Å²) in [5.74, 6) is -1.17. The van der Waals surface area contributed by atoms with E-state index in [0.29, 0.717) is 37.7 Å². The Kier molecular flexibility index (Phi) is 7.07. The Morgan fingerprint density at radius 2 is 2.03 bits per heavy atom. The molecule has 2 aromatic rings. The molecule has 0 radical (unpaired) electrons. The van der Waals surface area contributed by atoms with E-state index < -0.39 is 17.2 Å². The minimum Gasteiger partial charge on any atom is -0.385 e. The van der Waals surface area contributed by atoms with Gasteiger partial charge < -0.3 is 15.4 Å². The van der Waals surface area contributed by atoms with E-state index in [-0.39, 0.29) is 11.9 Å². The van der Waals surface area contributed by atoms with Crippen LogP contribution in [0.5, 0.6) is 0 Å². The highest BCUT2D eigenvalue weighted by atomic mass is 19.2. The number of hydrogen-bond donors (Lipinski definition) is 3. The summed E-state index contributed by atoms with van der Waals surface area (Å²) in [5, 5.41) is 14.6. The zero-order valence-corrected chi connectivity index (χ0v) is 20.3. The van der Waals surface area contributed by atoms with Crippen molar-refractivity contribution in [1.82, 2.24) is 20.4 Å². The number of ether oxygens (including phenoxy) is 1. The van der Waals surface area contributed by atoms with Gasteiger partial charge in [-0.25, -0.2) is 18.3 Å². The van der Waals surface area contributed by atoms with Crippen molar-refractivity contribution in [3.8, 4) is 0 Å². The van der Waals surface area contributed by atoms with E-state index in [9.17, 15) is 13.6 Å². The normalized spacial score (nSPS) is 24.5. The minimum atomic E-state index is -0.883. The number of urea groups is 1. The van der Waals surface area contributed by atoms with Crippen LogP contribution in [0.25, 0.3) is 0 Å². The molecule has 0 bridgehead atoms. The van der Waals surface area contributed by atoms with Gasteiger partial charge in [0.2, 0.25) is 0 Å². The van der Waals surface area contributed by atoms with E-state index in [1.807, 2.05) is 0 Å². The average Bonchev–Trinajstić information content (AvgIpc) is 3.57. The van der Waals surface area contributed by atoms with Crippen LogP contribution in [0.4, 0.5) is 19.4 Å². The van der Waals surface area contributed by atoms with Crippen molar-refractivity contribution in [3.63, 3.8) is 0 Å². The van der Waals surface area contributed by atoms with Crippen LogP contribution in [-0.2, 0) is 17.6 Å². The lowest BCUT2D eigenvalue weighted by atomic mass is 9.79. The summed E-state index contributed by atoms with van der Waals surface area (Å²) in [5.41, 5.74) is 2.20. The van der Waals surface area contributed by atoms with Crippen molar-refractivity contribution >= 4 is 11.8 Å². The van der Waals surface area contributed by atoms with Crippen molar-refractivity contribution in [2.45, 2.75) is 75.3 Å². The van der Waals surface area contributed by atoms with E-state index in [2.05, 4.69) is 20.6 Å². The molecule has 2 amide bonds. The number of carbonyl (C=O) groups excluding carboxylic acids is 1. The molecule has 1 saturated heterocycles. The maximum absolute atomic E-state index is 14.1. The second kappa shape index (κ2) is 10.2. The number of carbonyl (C=O) groups is 1. The van der Waals surface area contributed by atoms with Crippen LogP contribution in [0.2, 0.25) is 0 Å². The number of hydrogen-bond acceptors (Lipinski definition) is 4. The molecule has 2 aliphatic carbocycles. The standard InChI is InChI=1S/C26H35F2N5O2/c1-35-13-12-26(16-29-15-20(26)17-10-11-21(27)22(28)14-17)31-25(34)30-24-19-8-5-9-23(19)32-33(24)18-6-3-2-4-7-18/h10-11,14,18,20,29H,2-9,12-13,15-16H2,1H3,(H2,30,31,34)/t20-,26+/m0/s1. The summed E-state index contributed by atoms with van der Waals surface area (Å²) in [6.45, 7) is 1.48. The summed E-state index contributed by atoms with van der Waals surface area (Å²) >= 11 is 0. The van der Waals surface area contributed by atoms with Gasteiger partial charge >= 0.3 is 6.03 Å². The van der Waals surface area contributed by atoms with Crippen molar-refractivity contribution in [1.29, 1.82) is 0 Å². The molecule has 2 fully saturated rings. The number of anilines is 1. The van der Waals surface area contributed by atoms with Gasteiger partial charge in [0.15, 0.2) is 11.6 Å². The van der Waals surface area contributed by atoms with Gasteiger partial charge in [0.1, 0.15) is 5.82 Å². The van der Waals surface area contributed by atoms with E-state index in [0.717, 1.165) is 55.2 Å². The highest BCUT2D eigenvalue weighted by molar-refractivity contribution is 5.90. The molecule has 5 rings (SSSR count). The number of nitrogens with one attached hydrogen (secondary N) is 3. The summed E-state index contributed by atoms with van der Waals surface area (Å²) in [6, 6.07) is 4.00. The molecule has 9 heteroatoms. The Labute approximate surface area is 205 Å². The highest BCUT2D eigenvalue weighted by Crippen LogP contribution is 2.38. The molecule has 3 N–H and O–H groups in total. The SMILES string of the molecule is COCC[C@@]1(NC(=O)Nc2c3c(nn2C2CCCCC2)CCC3)CNC[C@H]1c1ccc(F)c(F)c1. The number of aryl methyl sites for hydroxylation is 1. The number of methoxy groups -OCH3 is 1. The van der Waals surface area contributed by atoms with Crippen molar-refractivity contribution in [2.75, 3.05) is 32.1 Å². The van der Waals surface area contributed by atoms with Crippen LogP contribution in [0.1, 0.15) is 73.7 Å². The summed E-state index contributed by atoms with van der Waals surface area (Å²) in [4.78, 5) is 13.5. The predicted molar refractivity (Wildman–Crippen MR) is 130 cm³/mol. The summed E-state index contributed by atoms with van der Waals surface area (Å²) in [7, 11) is 1.62. The fourth-order valence-electron chi connectivity index (χ4n) is 6.16. The number of halogens is 2. The third-order valence-electron chi connectivity index (χ3n) is 8.00. The predicted octanol–water partition coefficient (Wildman–Crippen LogP) is 4.44. The van der Waals surface area contributed by atoms with E-state index in [1.165, 1.54) is 25.3 Å². The largest absolute Gasteiger partial charge is 0.385 e. The number of benzene rings is 1. The molecule has 2 atom stereocenters. The Morgan fingerprint density at radius 1 is 1.20 bits per heavy atom. The second-order valence-corrected chi connectivity index (χ2v) is 10.2. The van der Waals surface area contributed by atoms with Gasteiger partial charge in [-0.2, -0.15) is 5.10 Å². The number of rotatable bonds is 7. The Balaban J connectivity index is 1.40. The van der Waals surface area contributed by atoms with Crippen LogP contribution in [0.3, 0.4) is 0 Å². The fraction of sp³-hybridized carbons (Fsp3) is 0.615. The van der Waals surface area contributed by atoms with E-state index in [4.69, 9.17) is 9.84 Å². The quantitative estimate of drug-likeness (QED) is 0.540. The Bertz CT molecular complexity index is 1070. The minimum absolute atomic E-state index is 0.229. The smallest absolute Gasteiger partial charge is 0.320 e. The molecule has 2 heterocycles. The first kappa shape index (κ1) is 24.2. The molecule has 0 spiro atoms.